The molecule has 2 amide bonds. The summed E-state index contributed by atoms with van der Waals surface area (Å²) in [5.41, 5.74) is 2.45. The molecule has 3 atom stereocenters. The number of carbonyl (C=O) groups is 2. The van der Waals surface area contributed by atoms with Crippen molar-refractivity contribution in [2.24, 2.45) is 13.0 Å². The average molecular weight is 430 g/mol. The smallest absolute Gasteiger partial charge is 0.268 e. The third kappa shape index (κ3) is 4.65. The fraction of sp³-hybridized carbons (Fsp3) is 0.360. The summed E-state index contributed by atoms with van der Waals surface area (Å²) >= 11 is 0. The fourth-order valence-corrected chi connectivity index (χ4v) is 4.53. The Morgan fingerprint density at radius 3 is 2.78 bits per heavy atom. The fourth-order valence-electron chi connectivity index (χ4n) is 4.53. The van der Waals surface area contributed by atoms with Crippen molar-refractivity contribution in [3.8, 4) is 6.07 Å². The van der Waals surface area contributed by atoms with E-state index in [0.29, 0.717) is 18.5 Å². The number of rotatable bonds is 6. The van der Waals surface area contributed by atoms with E-state index in [2.05, 4.69) is 21.7 Å². The number of benzene rings is 1. The summed E-state index contributed by atoms with van der Waals surface area (Å²) in [7, 11) is 1.87. The molecule has 1 saturated carbocycles. The molecule has 3 aromatic rings. The molecule has 1 fully saturated rings. The number of para-hydroxylation sites is 1. The number of aromatic nitrogens is 2. The van der Waals surface area contributed by atoms with Gasteiger partial charge in [-0.1, -0.05) is 37.1 Å². The van der Waals surface area contributed by atoms with Crippen LogP contribution >= 0.6 is 0 Å². The zero-order valence-corrected chi connectivity index (χ0v) is 18.1. The van der Waals surface area contributed by atoms with Crippen LogP contribution in [0.3, 0.4) is 0 Å². The van der Waals surface area contributed by atoms with Crippen molar-refractivity contribution in [1.29, 1.82) is 5.26 Å². The molecule has 1 aromatic carbocycles. The number of aryl methyl sites for hydroxylation is 1. The first-order chi connectivity index (χ1) is 15.6. The molecule has 2 N–H and O–H groups in total. The lowest BCUT2D eigenvalue weighted by molar-refractivity contribution is -0.127. The zero-order chi connectivity index (χ0) is 22.5. The van der Waals surface area contributed by atoms with E-state index in [1.165, 1.54) is 0 Å². The van der Waals surface area contributed by atoms with Gasteiger partial charge in [-0.05, 0) is 36.6 Å². The third-order valence-corrected chi connectivity index (χ3v) is 6.24. The number of fused-ring (bicyclic) bond motifs is 1. The van der Waals surface area contributed by atoms with Crippen LogP contribution in [-0.4, -0.2) is 33.4 Å². The van der Waals surface area contributed by atoms with Crippen LogP contribution in [0, 0.1) is 17.2 Å². The highest BCUT2D eigenvalue weighted by molar-refractivity contribution is 5.99. The number of nitrogens with zero attached hydrogens (tertiary/aromatic N) is 3. The SMILES string of the molecule is Cn1c(C(=O)NC2CCCCC2C(=O)NC(C#N)Cc2cccnc2)cc2ccccc21. The Hall–Kier alpha value is -3.66. The van der Waals surface area contributed by atoms with E-state index in [4.69, 9.17) is 0 Å². The molecule has 0 spiro atoms. The van der Waals surface area contributed by atoms with Crippen LogP contribution in [0.25, 0.3) is 10.9 Å². The Morgan fingerprint density at radius 2 is 2.03 bits per heavy atom. The zero-order valence-electron chi connectivity index (χ0n) is 18.1. The van der Waals surface area contributed by atoms with Gasteiger partial charge < -0.3 is 15.2 Å². The van der Waals surface area contributed by atoms with Crippen molar-refractivity contribution >= 4 is 22.7 Å². The number of carbonyl (C=O) groups excluding carboxylic acids is 2. The van der Waals surface area contributed by atoms with Crippen LogP contribution in [0.1, 0.15) is 41.7 Å². The normalized spacial score (nSPS) is 19.1. The number of nitriles is 1. The summed E-state index contributed by atoms with van der Waals surface area (Å²) in [5, 5.41) is 16.5. The van der Waals surface area contributed by atoms with Gasteiger partial charge in [-0.3, -0.25) is 14.6 Å². The van der Waals surface area contributed by atoms with E-state index in [1.54, 1.807) is 12.4 Å². The Bertz CT molecular complexity index is 1150. The number of hydrogen-bond donors (Lipinski definition) is 2. The number of amides is 2. The maximum Gasteiger partial charge on any atom is 0.268 e. The van der Waals surface area contributed by atoms with Gasteiger partial charge in [0.05, 0.1) is 12.0 Å². The van der Waals surface area contributed by atoms with E-state index in [1.807, 2.05) is 54.1 Å². The Morgan fingerprint density at radius 1 is 1.22 bits per heavy atom. The van der Waals surface area contributed by atoms with Gasteiger partial charge in [0.15, 0.2) is 0 Å². The molecule has 32 heavy (non-hydrogen) atoms. The number of nitrogens with one attached hydrogen (secondary N) is 2. The second kappa shape index (κ2) is 9.65. The van der Waals surface area contributed by atoms with Gasteiger partial charge in [0.2, 0.25) is 5.91 Å². The molecule has 0 bridgehead atoms. The lowest BCUT2D eigenvalue weighted by Gasteiger charge is -2.31. The molecular weight excluding hydrogens is 402 g/mol. The van der Waals surface area contributed by atoms with Crippen LogP contribution in [0.5, 0.6) is 0 Å². The maximum absolute atomic E-state index is 13.1. The van der Waals surface area contributed by atoms with Crippen molar-refractivity contribution in [2.75, 3.05) is 0 Å². The van der Waals surface area contributed by atoms with Crippen molar-refractivity contribution in [3.63, 3.8) is 0 Å². The molecule has 2 heterocycles. The Balaban J connectivity index is 1.44. The largest absolute Gasteiger partial charge is 0.347 e. The molecule has 0 aliphatic heterocycles. The van der Waals surface area contributed by atoms with E-state index in [9.17, 15) is 14.9 Å². The summed E-state index contributed by atoms with van der Waals surface area (Å²) < 4.78 is 1.88. The van der Waals surface area contributed by atoms with Crippen LogP contribution in [0.4, 0.5) is 0 Å². The summed E-state index contributed by atoms with van der Waals surface area (Å²) in [6.45, 7) is 0. The molecule has 0 saturated heterocycles. The van der Waals surface area contributed by atoms with Crippen LogP contribution in [0.2, 0.25) is 0 Å². The summed E-state index contributed by atoms with van der Waals surface area (Å²) in [5.74, 6) is -0.713. The second-order valence-corrected chi connectivity index (χ2v) is 8.37. The molecule has 4 rings (SSSR count). The predicted molar refractivity (Wildman–Crippen MR) is 122 cm³/mol. The predicted octanol–water partition coefficient (Wildman–Crippen LogP) is 3.11. The second-order valence-electron chi connectivity index (χ2n) is 8.37. The summed E-state index contributed by atoms with van der Waals surface area (Å²) in [6, 6.07) is 14.7. The Labute approximate surface area is 187 Å². The average Bonchev–Trinajstić information content (AvgIpc) is 3.16. The molecule has 7 heteroatoms. The topological polar surface area (TPSA) is 99.8 Å². The number of hydrogen-bond acceptors (Lipinski definition) is 4. The maximum atomic E-state index is 13.1. The van der Waals surface area contributed by atoms with Crippen molar-refractivity contribution in [3.05, 3.63) is 66.1 Å². The van der Waals surface area contributed by atoms with Crippen LogP contribution in [0.15, 0.2) is 54.9 Å². The minimum Gasteiger partial charge on any atom is -0.347 e. The molecule has 2 aromatic heterocycles. The summed E-state index contributed by atoms with van der Waals surface area (Å²) in [6.07, 6.45) is 7.10. The van der Waals surface area contributed by atoms with Crippen molar-refractivity contribution in [1.82, 2.24) is 20.2 Å². The van der Waals surface area contributed by atoms with Gasteiger partial charge in [0.1, 0.15) is 11.7 Å². The first-order valence-corrected chi connectivity index (χ1v) is 11.0. The molecule has 3 unspecified atom stereocenters. The lowest BCUT2D eigenvalue weighted by atomic mass is 9.83. The third-order valence-electron chi connectivity index (χ3n) is 6.24. The van der Waals surface area contributed by atoms with Crippen LogP contribution < -0.4 is 10.6 Å². The van der Waals surface area contributed by atoms with Crippen molar-refractivity contribution < 1.29 is 9.59 Å². The van der Waals surface area contributed by atoms with E-state index in [0.717, 1.165) is 35.7 Å². The van der Waals surface area contributed by atoms with Gasteiger partial charge in [-0.2, -0.15) is 5.26 Å². The highest BCUT2D eigenvalue weighted by Gasteiger charge is 2.33. The lowest BCUT2D eigenvalue weighted by Crippen LogP contribution is -2.50. The van der Waals surface area contributed by atoms with Gasteiger partial charge >= 0.3 is 0 Å². The summed E-state index contributed by atoms with van der Waals surface area (Å²) in [4.78, 5) is 30.2. The molecular formula is C25H27N5O2. The standard InChI is InChI=1S/C25H27N5O2/c1-30-22-11-5-2-8-18(22)14-23(30)25(32)29-21-10-4-3-9-20(21)24(31)28-19(15-26)13-17-7-6-12-27-16-17/h2,5-8,11-12,14,16,19-21H,3-4,9-10,13H2,1H3,(H,28,31)(H,29,32). The van der Waals surface area contributed by atoms with Gasteiger partial charge in [-0.15, -0.1) is 0 Å². The first kappa shape index (κ1) is 21.6. The van der Waals surface area contributed by atoms with Crippen molar-refractivity contribution in [2.45, 2.75) is 44.2 Å². The van der Waals surface area contributed by atoms with Crippen LogP contribution in [-0.2, 0) is 18.3 Å². The van der Waals surface area contributed by atoms with Gasteiger partial charge in [0.25, 0.3) is 5.91 Å². The van der Waals surface area contributed by atoms with E-state index >= 15 is 0 Å². The first-order valence-electron chi connectivity index (χ1n) is 11.0. The minimum atomic E-state index is -0.636. The minimum absolute atomic E-state index is 0.178. The molecule has 1 aliphatic rings. The van der Waals surface area contributed by atoms with E-state index in [-0.39, 0.29) is 23.8 Å². The monoisotopic (exact) mass is 429 g/mol. The van der Waals surface area contributed by atoms with Gasteiger partial charge in [0, 0.05) is 42.8 Å². The number of pyridine rings is 1. The van der Waals surface area contributed by atoms with E-state index < -0.39 is 6.04 Å². The molecule has 0 radical (unpaired) electrons. The molecule has 1 aliphatic carbocycles. The van der Waals surface area contributed by atoms with Gasteiger partial charge in [-0.25, -0.2) is 0 Å². The highest BCUT2D eigenvalue weighted by atomic mass is 16.2. The highest BCUT2D eigenvalue weighted by Crippen LogP contribution is 2.26. The quantitative estimate of drug-likeness (QED) is 0.629. The molecule has 7 nitrogen and oxygen atoms in total. The molecule has 164 valence electrons. The Kier molecular flexibility index (Phi) is 6.50.